The summed E-state index contributed by atoms with van der Waals surface area (Å²) < 4.78 is 7.40. The summed E-state index contributed by atoms with van der Waals surface area (Å²) in [5.74, 6) is 0.505. The number of carbonyl (C=O) groups excluding carboxylic acids is 1. The Balaban J connectivity index is 1.67. The van der Waals surface area contributed by atoms with E-state index in [1.807, 2.05) is 42.5 Å². The minimum absolute atomic E-state index is 0.139. The van der Waals surface area contributed by atoms with Crippen molar-refractivity contribution in [2.75, 3.05) is 12.4 Å². The fraction of sp³-hybridized carbons (Fsp3) is 0.364. The van der Waals surface area contributed by atoms with Crippen LogP contribution in [0.2, 0.25) is 0 Å². The maximum absolute atomic E-state index is 12.9. The van der Waals surface area contributed by atoms with E-state index in [-0.39, 0.29) is 5.91 Å². The maximum Gasteiger partial charge on any atom is 0.257 e. The quantitative estimate of drug-likeness (QED) is 0.698. The van der Waals surface area contributed by atoms with Crippen LogP contribution in [0, 0.1) is 0 Å². The molecule has 5 nitrogen and oxygen atoms in total. The molecule has 0 radical (unpaired) electrons. The van der Waals surface area contributed by atoms with E-state index in [0.29, 0.717) is 24.2 Å². The van der Waals surface area contributed by atoms with Gasteiger partial charge in [-0.15, -0.1) is 0 Å². The van der Waals surface area contributed by atoms with Crippen LogP contribution in [0.1, 0.15) is 54.1 Å². The van der Waals surface area contributed by atoms with Gasteiger partial charge in [0.15, 0.2) is 0 Å². The average Bonchev–Trinajstić information content (AvgIpc) is 3.07. The number of ether oxygens (including phenoxy) is 1. The fourth-order valence-corrected chi connectivity index (χ4v) is 3.98. The first kappa shape index (κ1) is 17.7. The largest absolute Gasteiger partial charge is 0.380 e. The van der Waals surface area contributed by atoms with E-state index >= 15 is 0 Å². The van der Waals surface area contributed by atoms with Crippen LogP contribution in [0.25, 0.3) is 11.0 Å². The molecule has 3 aromatic rings. The molecule has 1 aromatic heterocycles. The zero-order valence-corrected chi connectivity index (χ0v) is 15.6. The average molecular weight is 363 g/mol. The van der Waals surface area contributed by atoms with E-state index in [1.165, 1.54) is 19.3 Å². The molecule has 0 unspecified atom stereocenters. The third kappa shape index (κ3) is 3.74. The molecule has 2 aromatic carbocycles. The summed E-state index contributed by atoms with van der Waals surface area (Å²) in [6.45, 7) is 0.488. The van der Waals surface area contributed by atoms with Gasteiger partial charge in [-0.2, -0.15) is 0 Å². The fourth-order valence-electron chi connectivity index (χ4n) is 3.98. The van der Waals surface area contributed by atoms with Gasteiger partial charge in [0, 0.05) is 18.7 Å². The van der Waals surface area contributed by atoms with Crippen molar-refractivity contribution in [3.05, 3.63) is 59.7 Å². The molecule has 27 heavy (non-hydrogen) atoms. The molecule has 0 saturated heterocycles. The first-order chi connectivity index (χ1) is 13.3. The number of nitrogens with zero attached hydrogens (tertiary/aromatic N) is 2. The van der Waals surface area contributed by atoms with Gasteiger partial charge >= 0.3 is 0 Å². The highest BCUT2D eigenvalue weighted by Gasteiger charge is 2.22. The summed E-state index contributed by atoms with van der Waals surface area (Å²) in [4.78, 5) is 17.6. The Bertz CT molecular complexity index is 942. The summed E-state index contributed by atoms with van der Waals surface area (Å²) in [7, 11) is 1.65. The number of para-hydroxylation sites is 2. The van der Waals surface area contributed by atoms with Crippen molar-refractivity contribution in [1.82, 2.24) is 9.55 Å². The number of nitrogens with one attached hydrogen (secondary N) is 1. The molecule has 1 N–H and O–H groups in total. The van der Waals surface area contributed by atoms with Crippen molar-refractivity contribution in [3.8, 4) is 0 Å². The lowest BCUT2D eigenvalue weighted by atomic mass is 9.95. The number of hydrogen-bond donors (Lipinski definition) is 1. The molecule has 1 heterocycles. The van der Waals surface area contributed by atoms with E-state index in [1.54, 1.807) is 7.11 Å². The van der Waals surface area contributed by atoms with Crippen LogP contribution in [0.3, 0.4) is 0 Å². The van der Waals surface area contributed by atoms with Gasteiger partial charge in [-0.3, -0.25) is 10.1 Å². The molecule has 1 fully saturated rings. The third-order valence-corrected chi connectivity index (χ3v) is 5.26. The Labute approximate surface area is 159 Å². The first-order valence-corrected chi connectivity index (χ1v) is 9.62. The van der Waals surface area contributed by atoms with E-state index < -0.39 is 0 Å². The summed E-state index contributed by atoms with van der Waals surface area (Å²) in [6.07, 6.45) is 6.00. The van der Waals surface area contributed by atoms with Gasteiger partial charge in [-0.1, -0.05) is 43.5 Å². The van der Waals surface area contributed by atoms with Crippen molar-refractivity contribution in [2.24, 2.45) is 0 Å². The number of anilines is 1. The van der Waals surface area contributed by atoms with E-state index in [2.05, 4.69) is 16.0 Å². The predicted octanol–water partition coefficient (Wildman–Crippen LogP) is 4.94. The Morgan fingerprint density at radius 2 is 1.96 bits per heavy atom. The molecule has 0 atom stereocenters. The smallest absolute Gasteiger partial charge is 0.257 e. The number of aromatic nitrogens is 2. The van der Waals surface area contributed by atoms with Crippen molar-refractivity contribution < 1.29 is 9.53 Å². The van der Waals surface area contributed by atoms with Crippen LogP contribution in [0.5, 0.6) is 0 Å². The van der Waals surface area contributed by atoms with Gasteiger partial charge in [0.05, 0.1) is 17.6 Å². The normalized spacial score (nSPS) is 15.1. The van der Waals surface area contributed by atoms with Gasteiger partial charge in [0.1, 0.15) is 0 Å². The lowest BCUT2D eigenvalue weighted by molar-refractivity contribution is 0.102. The number of benzene rings is 2. The minimum atomic E-state index is -0.139. The number of hydrogen-bond acceptors (Lipinski definition) is 3. The van der Waals surface area contributed by atoms with E-state index in [9.17, 15) is 4.79 Å². The molecular formula is C22H25N3O2. The SMILES string of the molecule is COCc1cccc(C(=O)Nc2nc3ccccc3n2C2CCCCC2)c1. The van der Waals surface area contributed by atoms with Crippen LogP contribution in [-0.2, 0) is 11.3 Å². The molecule has 0 bridgehead atoms. The van der Waals surface area contributed by atoms with E-state index in [0.717, 1.165) is 29.4 Å². The molecule has 140 valence electrons. The summed E-state index contributed by atoms with van der Waals surface area (Å²) in [5, 5.41) is 3.05. The predicted molar refractivity (Wildman–Crippen MR) is 107 cm³/mol. The Morgan fingerprint density at radius 1 is 1.15 bits per heavy atom. The number of imidazole rings is 1. The van der Waals surface area contributed by atoms with Crippen LogP contribution < -0.4 is 5.32 Å². The van der Waals surface area contributed by atoms with Gasteiger partial charge in [0.2, 0.25) is 5.95 Å². The zero-order valence-electron chi connectivity index (χ0n) is 15.6. The van der Waals surface area contributed by atoms with Crippen LogP contribution in [-0.4, -0.2) is 22.6 Å². The number of amides is 1. The van der Waals surface area contributed by atoms with Gasteiger partial charge < -0.3 is 9.30 Å². The van der Waals surface area contributed by atoms with Crippen LogP contribution >= 0.6 is 0 Å². The lowest BCUT2D eigenvalue weighted by Crippen LogP contribution is -2.20. The molecular weight excluding hydrogens is 338 g/mol. The monoisotopic (exact) mass is 363 g/mol. The molecule has 1 aliphatic rings. The summed E-state index contributed by atoms with van der Waals surface area (Å²) >= 11 is 0. The minimum Gasteiger partial charge on any atom is -0.380 e. The highest BCUT2D eigenvalue weighted by Crippen LogP contribution is 2.34. The second-order valence-electron chi connectivity index (χ2n) is 7.17. The van der Waals surface area contributed by atoms with Crippen molar-refractivity contribution in [1.29, 1.82) is 0 Å². The Kier molecular flexibility index (Phi) is 5.21. The maximum atomic E-state index is 12.9. The highest BCUT2D eigenvalue weighted by molar-refractivity contribution is 6.04. The molecule has 1 saturated carbocycles. The molecule has 0 spiro atoms. The number of carbonyl (C=O) groups is 1. The highest BCUT2D eigenvalue weighted by atomic mass is 16.5. The number of methoxy groups -OCH3 is 1. The third-order valence-electron chi connectivity index (χ3n) is 5.26. The first-order valence-electron chi connectivity index (χ1n) is 9.62. The summed E-state index contributed by atoms with van der Waals surface area (Å²) in [6, 6.07) is 16.0. The standard InChI is InChI=1S/C22H25N3O2/c1-27-15-16-8-7-9-17(14-16)21(26)24-22-23-19-12-5-6-13-20(19)25(22)18-10-3-2-4-11-18/h5-9,12-14,18H,2-4,10-11,15H2,1H3,(H,23,24,26). The van der Waals surface area contributed by atoms with Crippen molar-refractivity contribution >= 4 is 22.9 Å². The van der Waals surface area contributed by atoms with Gasteiger partial charge in [0.25, 0.3) is 5.91 Å². The Morgan fingerprint density at radius 3 is 2.78 bits per heavy atom. The second-order valence-corrected chi connectivity index (χ2v) is 7.17. The second kappa shape index (κ2) is 7.92. The molecule has 1 aliphatic carbocycles. The molecule has 1 amide bonds. The van der Waals surface area contributed by atoms with Crippen molar-refractivity contribution in [2.45, 2.75) is 44.8 Å². The topological polar surface area (TPSA) is 56.1 Å². The molecule has 4 rings (SSSR count). The number of fused-ring (bicyclic) bond motifs is 1. The van der Waals surface area contributed by atoms with Crippen LogP contribution in [0.15, 0.2) is 48.5 Å². The molecule has 5 heteroatoms. The summed E-state index contributed by atoms with van der Waals surface area (Å²) in [5.41, 5.74) is 3.61. The number of rotatable bonds is 5. The van der Waals surface area contributed by atoms with Crippen LogP contribution in [0.4, 0.5) is 5.95 Å². The van der Waals surface area contributed by atoms with Crippen molar-refractivity contribution in [3.63, 3.8) is 0 Å². The van der Waals surface area contributed by atoms with E-state index in [4.69, 9.17) is 9.72 Å². The lowest BCUT2D eigenvalue weighted by Gasteiger charge is -2.25. The Hall–Kier alpha value is -2.66. The van der Waals surface area contributed by atoms with Gasteiger partial charge in [-0.25, -0.2) is 4.98 Å². The zero-order chi connectivity index (χ0) is 18.6. The van der Waals surface area contributed by atoms with Gasteiger partial charge in [-0.05, 0) is 42.7 Å². The molecule has 0 aliphatic heterocycles.